The Bertz CT molecular complexity index is 1170. The third kappa shape index (κ3) is 4.57. The van der Waals surface area contributed by atoms with Gasteiger partial charge in [0.1, 0.15) is 18.1 Å². The smallest absolute Gasteiger partial charge is 0.156 e. The van der Waals surface area contributed by atoms with E-state index in [1.807, 2.05) is 47.0 Å². The summed E-state index contributed by atoms with van der Waals surface area (Å²) in [6.45, 7) is 4.13. The number of rotatable bonds is 8. The highest BCUT2D eigenvalue weighted by atomic mass is 16.5. The van der Waals surface area contributed by atoms with Crippen LogP contribution in [0.25, 0.3) is 17.0 Å². The van der Waals surface area contributed by atoms with Gasteiger partial charge in [-0.1, -0.05) is 18.2 Å². The molecule has 0 saturated carbocycles. The van der Waals surface area contributed by atoms with E-state index in [0.717, 1.165) is 53.1 Å². The molecule has 0 atom stereocenters. The monoisotopic (exact) mass is 429 g/mol. The molecule has 0 spiro atoms. The Morgan fingerprint density at radius 1 is 0.938 bits per heavy atom. The minimum absolute atomic E-state index is 0.658. The Hall–Kier alpha value is -3.45. The molecule has 1 fully saturated rings. The van der Waals surface area contributed by atoms with Gasteiger partial charge in [-0.3, -0.25) is 9.88 Å². The molecule has 4 heterocycles. The van der Waals surface area contributed by atoms with E-state index >= 15 is 0 Å². The summed E-state index contributed by atoms with van der Waals surface area (Å²) in [4.78, 5) is 11.7. The Morgan fingerprint density at radius 2 is 1.75 bits per heavy atom. The normalized spacial score (nSPS) is 14.2. The summed E-state index contributed by atoms with van der Waals surface area (Å²) in [5.41, 5.74) is 3.67. The van der Waals surface area contributed by atoms with Gasteiger partial charge in [0, 0.05) is 13.0 Å². The van der Waals surface area contributed by atoms with Crippen molar-refractivity contribution in [1.82, 2.24) is 24.5 Å². The minimum Gasteiger partial charge on any atom is -0.495 e. The van der Waals surface area contributed by atoms with Gasteiger partial charge in [-0.05, 0) is 67.9 Å². The zero-order valence-corrected chi connectivity index (χ0v) is 18.3. The summed E-state index contributed by atoms with van der Waals surface area (Å²) in [7, 11) is 1.63. The second kappa shape index (κ2) is 9.36. The van der Waals surface area contributed by atoms with Crippen LogP contribution in [0.1, 0.15) is 24.2 Å². The molecule has 7 nitrogen and oxygen atoms in total. The lowest BCUT2D eigenvalue weighted by Gasteiger charge is -2.14. The molecule has 0 aliphatic carbocycles. The maximum absolute atomic E-state index is 5.91. The number of methoxy groups -OCH3 is 1. The largest absolute Gasteiger partial charge is 0.495 e. The van der Waals surface area contributed by atoms with E-state index in [1.165, 1.54) is 25.9 Å². The van der Waals surface area contributed by atoms with Crippen molar-refractivity contribution in [2.75, 3.05) is 33.4 Å². The highest BCUT2D eigenvalue weighted by Gasteiger charge is 2.12. The molecule has 1 aliphatic heterocycles. The van der Waals surface area contributed by atoms with E-state index in [4.69, 9.17) is 19.6 Å². The molecule has 0 radical (unpaired) electrons. The van der Waals surface area contributed by atoms with Crippen LogP contribution in [0.3, 0.4) is 0 Å². The summed E-state index contributed by atoms with van der Waals surface area (Å²) >= 11 is 0. The van der Waals surface area contributed by atoms with Crippen molar-refractivity contribution in [2.24, 2.45) is 0 Å². The van der Waals surface area contributed by atoms with E-state index in [9.17, 15) is 0 Å². The number of hydrogen-bond acceptors (Lipinski definition) is 6. The molecule has 3 aromatic heterocycles. The molecule has 5 rings (SSSR count). The van der Waals surface area contributed by atoms with Gasteiger partial charge < -0.3 is 9.47 Å². The molecule has 0 N–H and O–H groups in total. The second-order valence-corrected chi connectivity index (χ2v) is 8.01. The molecule has 7 heteroatoms. The molecular weight excluding hydrogens is 402 g/mol. The Labute approximate surface area is 187 Å². The summed E-state index contributed by atoms with van der Waals surface area (Å²) in [5, 5.41) is 4.74. The van der Waals surface area contributed by atoms with Crippen molar-refractivity contribution < 1.29 is 9.47 Å². The van der Waals surface area contributed by atoms with Crippen LogP contribution in [0.2, 0.25) is 0 Å². The summed E-state index contributed by atoms with van der Waals surface area (Å²) < 4.78 is 13.0. The maximum atomic E-state index is 5.91. The molecule has 1 saturated heterocycles. The molecule has 164 valence electrons. The van der Waals surface area contributed by atoms with Gasteiger partial charge in [0.25, 0.3) is 0 Å². The van der Waals surface area contributed by atoms with Crippen LogP contribution >= 0.6 is 0 Å². The molecular formula is C25H27N5O2. The maximum Gasteiger partial charge on any atom is 0.156 e. The Balaban J connectivity index is 1.26. The van der Waals surface area contributed by atoms with E-state index in [-0.39, 0.29) is 0 Å². The second-order valence-electron chi connectivity index (χ2n) is 8.01. The van der Waals surface area contributed by atoms with Crippen molar-refractivity contribution in [3.05, 3.63) is 72.2 Å². The van der Waals surface area contributed by atoms with Gasteiger partial charge >= 0.3 is 0 Å². The summed E-state index contributed by atoms with van der Waals surface area (Å²) in [6.07, 6.45) is 4.99. The quantitative estimate of drug-likeness (QED) is 0.424. The van der Waals surface area contributed by atoms with Crippen molar-refractivity contribution in [3.8, 4) is 22.9 Å². The van der Waals surface area contributed by atoms with Gasteiger partial charge in [0.05, 0.1) is 24.7 Å². The first-order valence-electron chi connectivity index (χ1n) is 11.1. The van der Waals surface area contributed by atoms with Gasteiger partial charge in [0.15, 0.2) is 11.5 Å². The predicted molar refractivity (Wildman–Crippen MR) is 123 cm³/mol. The average Bonchev–Trinajstić information content (AvgIpc) is 3.49. The van der Waals surface area contributed by atoms with E-state index in [1.54, 1.807) is 13.3 Å². The summed E-state index contributed by atoms with van der Waals surface area (Å²) in [5.74, 6) is 2.40. The molecule has 0 bridgehead atoms. The van der Waals surface area contributed by atoms with Crippen LogP contribution in [0.15, 0.2) is 60.8 Å². The van der Waals surface area contributed by atoms with Crippen LogP contribution in [0.4, 0.5) is 0 Å². The van der Waals surface area contributed by atoms with E-state index in [0.29, 0.717) is 6.42 Å². The highest BCUT2D eigenvalue weighted by Crippen LogP contribution is 2.21. The number of likely N-dealkylation sites (tertiary alicyclic amines) is 1. The number of hydrogen-bond donors (Lipinski definition) is 0. The first-order valence-corrected chi connectivity index (χ1v) is 11.1. The Morgan fingerprint density at radius 3 is 2.50 bits per heavy atom. The fourth-order valence-electron chi connectivity index (χ4n) is 4.06. The van der Waals surface area contributed by atoms with Gasteiger partial charge in [-0.15, -0.1) is 0 Å². The first kappa shape index (κ1) is 20.5. The van der Waals surface area contributed by atoms with Gasteiger partial charge in [-0.25, -0.2) is 9.50 Å². The average molecular weight is 430 g/mol. The van der Waals surface area contributed by atoms with Crippen LogP contribution in [0, 0.1) is 0 Å². The van der Waals surface area contributed by atoms with Crippen LogP contribution in [0.5, 0.6) is 11.5 Å². The predicted octanol–water partition coefficient (Wildman–Crippen LogP) is 3.87. The van der Waals surface area contributed by atoms with E-state index in [2.05, 4.69) is 22.0 Å². The van der Waals surface area contributed by atoms with Gasteiger partial charge in [0.2, 0.25) is 0 Å². The number of ether oxygens (including phenoxy) is 2. The number of benzene rings is 1. The first-order chi connectivity index (χ1) is 15.8. The van der Waals surface area contributed by atoms with Crippen LogP contribution in [-0.2, 0) is 6.42 Å². The van der Waals surface area contributed by atoms with Gasteiger partial charge in [-0.2, -0.15) is 5.10 Å². The molecule has 0 unspecified atom stereocenters. The molecule has 4 aromatic rings. The van der Waals surface area contributed by atoms with Crippen molar-refractivity contribution in [3.63, 3.8) is 0 Å². The van der Waals surface area contributed by atoms with Crippen molar-refractivity contribution >= 4 is 5.65 Å². The van der Waals surface area contributed by atoms with E-state index < -0.39 is 0 Å². The topological polar surface area (TPSA) is 64.8 Å². The third-order valence-corrected chi connectivity index (χ3v) is 5.80. The Kier molecular flexibility index (Phi) is 5.98. The molecule has 0 amide bonds. The fourth-order valence-corrected chi connectivity index (χ4v) is 4.06. The minimum atomic E-state index is 0.658. The number of nitrogens with zero attached hydrogens (tertiary/aromatic N) is 5. The number of fused-ring (bicyclic) bond motifs is 1. The molecule has 32 heavy (non-hydrogen) atoms. The zero-order chi connectivity index (χ0) is 21.8. The number of aromatic nitrogens is 4. The third-order valence-electron chi connectivity index (χ3n) is 5.80. The van der Waals surface area contributed by atoms with Crippen molar-refractivity contribution in [1.29, 1.82) is 0 Å². The SMILES string of the molecule is COc1ccc(-c2cccc3nc(Cc4ccc(OCCN5CCCC5)cc4)nn23)nc1. The standard InChI is InChI=1S/C25H27N5O2/c1-31-21-11-12-22(26-18-21)23-5-4-6-25-27-24(28-30(23)25)17-19-7-9-20(10-8-19)32-16-15-29-13-2-3-14-29/h4-12,18H,2-3,13-17H2,1H3. The molecule has 1 aromatic carbocycles. The van der Waals surface area contributed by atoms with Crippen LogP contribution < -0.4 is 9.47 Å². The van der Waals surface area contributed by atoms with Crippen molar-refractivity contribution in [2.45, 2.75) is 19.3 Å². The summed E-state index contributed by atoms with van der Waals surface area (Å²) in [6, 6.07) is 18.0. The lowest BCUT2D eigenvalue weighted by Crippen LogP contribution is -2.25. The fraction of sp³-hybridized carbons (Fsp3) is 0.320. The molecule has 1 aliphatic rings. The highest BCUT2D eigenvalue weighted by molar-refractivity contribution is 5.59. The lowest BCUT2D eigenvalue weighted by molar-refractivity contribution is 0.238. The van der Waals surface area contributed by atoms with Crippen LogP contribution in [-0.4, -0.2) is 57.8 Å². The zero-order valence-electron chi connectivity index (χ0n) is 18.3. The lowest BCUT2D eigenvalue weighted by atomic mass is 10.1. The number of pyridine rings is 2.